The summed E-state index contributed by atoms with van der Waals surface area (Å²) in [7, 11) is -0.990. The average molecular weight is 300 g/mol. The first-order valence-electron chi connectivity index (χ1n) is 6.09. The van der Waals surface area contributed by atoms with Crippen LogP contribution >= 0.6 is 11.3 Å². The van der Waals surface area contributed by atoms with Crippen LogP contribution in [0.15, 0.2) is 11.6 Å². The van der Waals surface area contributed by atoms with Crippen LogP contribution in [0, 0.1) is 0 Å². The lowest BCUT2D eigenvalue weighted by Crippen LogP contribution is -2.33. The van der Waals surface area contributed by atoms with Crippen LogP contribution in [0.5, 0.6) is 0 Å². The van der Waals surface area contributed by atoms with E-state index in [0.29, 0.717) is 13.0 Å². The first-order chi connectivity index (χ1) is 9.02. The first kappa shape index (κ1) is 12.9. The van der Waals surface area contributed by atoms with E-state index < -0.39 is 9.84 Å². The Labute approximate surface area is 115 Å². The average Bonchev–Trinajstić information content (AvgIpc) is 3.00. The number of rotatable bonds is 3. The van der Waals surface area contributed by atoms with E-state index in [1.165, 1.54) is 0 Å². The van der Waals surface area contributed by atoms with Gasteiger partial charge >= 0.3 is 0 Å². The van der Waals surface area contributed by atoms with Gasteiger partial charge in [0.1, 0.15) is 0 Å². The summed E-state index contributed by atoms with van der Waals surface area (Å²) in [6.07, 6.45) is 2.60. The minimum atomic E-state index is -2.89. The lowest BCUT2D eigenvalue weighted by molar-refractivity contribution is 0.600. The van der Waals surface area contributed by atoms with Gasteiger partial charge in [0.2, 0.25) is 0 Å². The molecule has 1 atom stereocenters. The van der Waals surface area contributed by atoms with Crippen LogP contribution in [0.4, 0.5) is 5.82 Å². The van der Waals surface area contributed by atoms with Crippen molar-refractivity contribution in [1.29, 1.82) is 0 Å². The molecular formula is C11H16N4O2S2. The third-order valence-electron chi connectivity index (χ3n) is 3.62. The van der Waals surface area contributed by atoms with Gasteiger partial charge in [0, 0.05) is 31.2 Å². The molecular weight excluding hydrogens is 284 g/mol. The van der Waals surface area contributed by atoms with Crippen molar-refractivity contribution >= 4 is 32.0 Å². The van der Waals surface area contributed by atoms with E-state index in [2.05, 4.69) is 4.98 Å². The number of fused-ring (bicyclic) bond motifs is 1. The molecule has 3 rings (SSSR count). The molecule has 2 N–H and O–H groups in total. The van der Waals surface area contributed by atoms with Crippen molar-refractivity contribution in [2.75, 3.05) is 23.5 Å². The van der Waals surface area contributed by atoms with Gasteiger partial charge in [-0.25, -0.2) is 13.4 Å². The summed E-state index contributed by atoms with van der Waals surface area (Å²) in [5.74, 6) is 1.28. The van der Waals surface area contributed by atoms with E-state index in [4.69, 9.17) is 5.73 Å². The fourth-order valence-electron chi connectivity index (χ4n) is 2.55. The molecule has 1 aliphatic rings. The highest BCUT2D eigenvalue weighted by Crippen LogP contribution is 2.27. The molecule has 8 heteroatoms. The molecule has 0 aliphatic carbocycles. The minimum absolute atomic E-state index is 0.0000869. The maximum absolute atomic E-state index is 11.6. The molecule has 0 aromatic carbocycles. The molecule has 1 fully saturated rings. The predicted molar refractivity (Wildman–Crippen MR) is 76.4 cm³/mol. The van der Waals surface area contributed by atoms with E-state index in [1.54, 1.807) is 11.3 Å². The Bertz CT molecular complexity index is 703. The molecule has 1 saturated heterocycles. The number of sulfone groups is 1. The lowest BCUT2D eigenvalue weighted by atomic mass is 10.2. The van der Waals surface area contributed by atoms with Crippen molar-refractivity contribution in [3.05, 3.63) is 17.3 Å². The van der Waals surface area contributed by atoms with Crippen molar-refractivity contribution in [3.63, 3.8) is 0 Å². The Morgan fingerprint density at radius 1 is 1.63 bits per heavy atom. The number of nitrogens with zero attached hydrogens (tertiary/aromatic N) is 3. The second-order valence-corrected chi connectivity index (χ2v) is 7.91. The van der Waals surface area contributed by atoms with Crippen LogP contribution < -0.4 is 10.6 Å². The van der Waals surface area contributed by atoms with E-state index in [9.17, 15) is 8.42 Å². The van der Waals surface area contributed by atoms with E-state index in [1.807, 2.05) is 27.9 Å². The monoisotopic (exact) mass is 300 g/mol. The zero-order valence-electron chi connectivity index (χ0n) is 10.6. The second-order valence-electron chi connectivity index (χ2n) is 4.81. The number of thiazole rings is 1. The van der Waals surface area contributed by atoms with E-state index in [-0.39, 0.29) is 17.5 Å². The standard InChI is InChI=1S/C11H16N4O2S2/c1-14(8-2-5-19(16,17)7-8)10-9(6-12)15-3-4-18-11(15)13-10/h3-4,8H,2,5-7,12H2,1H3. The predicted octanol–water partition coefficient (Wildman–Crippen LogP) is 0.478. The van der Waals surface area contributed by atoms with Gasteiger partial charge in [-0.05, 0) is 6.42 Å². The number of hydrogen-bond acceptors (Lipinski definition) is 6. The molecule has 0 radical (unpaired) electrons. The Morgan fingerprint density at radius 2 is 2.42 bits per heavy atom. The van der Waals surface area contributed by atoms with Gasteiger partial charge in [-0.1, -0.05) is 0 Å². The molecule has 3 heterocycles. The zero-order valence-corrected chi connectivity index (χ0v) is 12.2. The number of aromatic nitrogens is 2. The van der Waals surface area contributed by atoms with Gasteiger partial charge in [-0.15, -0.1) is 11.3 Å². The lowest BCUT2D eigenvalue weighted by Gasteiger charge is -2.24. The molecule has 0 bridgehead atoms. The number of anilines is 1. The van der Waals surface area contributed by atoms with Crippen molar-refractivity contribution in [1.82, 2.24) is 9.38 Å². The third-order valence-corrected chi connectivity index (χ3v) is 6.13. The van der Waals surface area contributed by atoms with Crippen molar-refractivity contribution in [2.45, 2.75) is 19.0 Å². The largest absolute Gasteiger partial charge is 0.354 e. The summed E-state index contributed by atoms with van der Waals surface area (Å²) in [6, 6.07) is -0.0000869. The van der Waals surface area contributed by atoms with Crippen LogP contribution in [0.2, 0.25) is 0 Å². The first-order valence-corrected chi connectivity index (χ1v) is 8.79. The second kappa shape index (κ2) is 4.46. The molecule has 6 nitrogen and oxygen atoms in total. The number of nitrogens with two attached hydrogens (primary N) is 1. The smallest absolute Gasteiger partial charge is 0.195 e. The Morgan fingerprint density at radius 3 is 3.05 bits per heavy atom. The Hall–Kier alpha value is -1.12. The Kier molecular flexibility index (Phi) is 3.03. The van der Waals surface area contributed by atoms with E-state index in [0.717, 1.165) is 16.5 Å². The quantitative estimate of drug-likeness (QED) is 0.891. The van der Waals surface area contributed by atoms with Crippen molar-refractivity contribution in [3.8, 4) is 0 Å². The summed E-state index contributed by atoms with van der Waals surface area (Å²) < 4.78 is 25.1. The fourth-order valence-corrected chi connectivity index (χ4v) is 5.05. The number of imidazole rings is 1. The van der Waals surface area contributed by atoms with Crippen LogP contribution in [0.25, 0.3) is 4.96 Å². The summed E-state index contributed by atoms with van der Waals surface area (Å²) >= 11 is 1.55. The summed E-state index contributed by atoms with van der Waals surface area (Å²) in [6.45, 7) is 0.386. The molecule has 2 aromatic heterocycles. The van der Waals surface area contributed by atoms with Gasteiger partial charge in [0.05, 0.1) is 17.2 Å². The van der Waals surface area contributed by atoms with Crippen molar-refractivity contribution in [2.24, 2.45) is 5.73 Å². The molecule has 19 heavy (non-hydrogen) atoms. The maximum atomic E-state index is 11.6. The van der Waals surface area contributed by atoms with Crippen LogP contribution in [-0.4, -0.2) is 42.4 Å². The highest BCUT2D eigenvalue weighted by atomic mass is 32.2. The molecule has 0 amide bonds. The highest BCUT2D eigenvalue weighted by molar-refractivity contribution is 7.91. The zero-order chi connectivity index (χ0) is 13.6. The normalized spacial score (nSPS) is 22.1. The molecule has 1 unspecified atom stereocenters. The highest BCUT2D eigenvalue weighted by Gasteiger charge is 2.32. The van der Waals surface area contributed by atoms with Crippen molar-refractivity contribution < 1.29 is 8.42 Å². The third kappa shape index (κ3) is 2.13. The minimum Gasteiger partial charge on any atom is -0.354 e. The summed E-state index contributed by atoms with van der Waals surface area (Å²) in [5.41, 5.74) is 6.74. The maximum Gasteiger partial charge on any atom is 0.195 e. The Balaban J connectivity index is 1.97. The van der Waals surface area contributed by atoms with Gasteiger partial charge < -0.3 is 10.6 Å². The van der Waals surface area contributed by atoms with Gasteiger partial charge in [0.25, 0.3) is 0 Å². The van der Waals surface area contributed by atoms with Crippen LogP contribution in [0.1, 0.15) is 12.1 Å². The summed E-state index contributed by atoms with van der Waals surface area (Å²) in [5, 5.41) is 1.96. The molecule has 2 aromatic rings. The fraction of sp³-hybridized carbons (Fsp3) is 0.545. The summed E-state index contributed by atoms with van der Waals surface area (Å²) in [4.78, 5) is 7.42. The van der Waals surface area contributed by atoms with Gasteiger partial charge in [-0.2, -0.15) is 0 Å². The number of hydrogen-bond donors (Lipinski definition) is 1. The molecule has 104 valence electrons. The van der Waals surface area contributed by atoms with E-state index >= 15 is 0 Å². The SMILES string of the molecule is CN(c1nc2sccn2c1CN)C1CCS(=O)(=O)C1. The molecule has 1 aliphatic heterocycles. The molecule has 0 spiro atoms. The topological polar surface area (TPSA) is 80.7 Å². The van der Waals surface area contributed by atoms with Crippen LogP contribution in [-0.2, 0) is 16.4 Å². The van der Waals surface area contributed by atoms with Gasteiger partial charge in [-0.3, -0.25) is 4.40 Å². The van der Waals surface area contributed by atoms with Gasteiger partial charge in [0.15, 0.2) is 20.6 Å². The molecule has 0 saturated carbocycles. The van der Waals surface area contributed by atoms with Crippen LogP contribution in [0.3, 0.4) is 0 Å².